The summed E-state index contributed by atoms with van der Waals surface area (Å²) in [5.74, 6) is 0.0433. The monoisotopic (exact) mass is 586 g/mol. The van der Waals surface area contributed by atoms with Gasteiger partial charge in [-0.05, 0) is 16.7 Å². The number of hydrogen-bond acceptors (Lipinski definition) is 0. The van der Waals surface area contributed by atoms with Crippen molar-refractivity contribution in [1.82, 2.24) is 0 Å². The Morgan fingerprint density at radius 3 is 0.750 bits per heavy atom. The first-order valence-corrected chi connectivity index (χ1v) is 7.08. The van der Waals surface area contributed by atoms with Crippen LogP contribution in [0.15, 0.2) is 72.8 Å². The van der Waals surface area contributed by atoms with Gasteiger partial charge in [0.25, 0.3) is 0 Å². The van der Waals surface area contributed by atoms with Crippen molar-refractivity contribution in [3.63, 3.8) is 0 Å². The quantitative estimate of drug-likeness (QED) is 0.277. The van der Waals surface area contributed by atoms with Gasteiger partial charge in [-0.25, -0.2) is 0 Å². The van der Waals surface area contributed by atoms with E-state index >= 15 is 0 Å². The molecule has 3 nitrogen and oxygen atoms in total. The number of rotatable bonds is 3. The van der Waals surface area contributed by atoms with Crippen LogP contribution < -0.4 is 0 Å². The SMILES string of the molecule is [B].[B].[B].[NH-]c1ccc(C(c2ccc([NH-])cc2)c2ccc([NH-])cc2)cc1.[Y].[Y].[Y]. The van der Waals surface area contributed by atoms with Crippen molar-refractivity contribution < 1.29 is 98.1 Å². The van der Waals surface area contributed by atoms with E-state index in [0.29, 0.717) is 17.1 Å². The zero-order valence-corrected chi connectivity index (χ0v) is 24.0. The minimum absolute atomic E-state index is 0. The molecule has 12 radical (unpaired) electrons. The van der Waals surface area contributed by atoms with Gasteiger partial charge >= 0.3 is 0 Å². The molecule has 128 valence electrons. The molecule has 0 amide bonds. The van der Waals surface area contributed by atoms with Gasteiger partial charge in [0, 0.05) is 129 Å². The molecule has 0 bridgehead atoms. The average Bonchev–Trinajstić information content (AvgIpc) is 2.53. The second-order valence-electron chi connectivity index (χ2n) is 5.30. The summed E-state index contributed by atoms with van der Waals surface area (Å²) < 4.78 is 0. The van der Waals surface area contributed by atoms with Crippen LogP contribution in [0.25, 0.3) is 17.2 Å². The molecule has 0 aromatic heterocycles. The summed E-state index contributed by atoms with van der Waals surface area (Å²) in [5, 5.41) is 0. The molecule has 3 aromatic carbocycles. The first-order chi connectivity index (χ1) is 10.6. The second kappa shape index (κ2) is 17.3. The van der Waals surface area contributed by atoms with Crippen LogP contribution >= 0.6 is 0 Å². The number of nitrogens with one attached hydrogen (secondary N) is 3. The van der Waals surface area contributed by atoms with Crippen LogP contribution in [0.1, 0.15) is 22.6 Å². The smallest absolute Gasteiger partial charge is 0.0339 e. The summed E-state index contributed by atoms with van der Waals surface area (Å²) in [6.45, 7) is 0. The third-order valence-electron chi connectivity index (χ3n) is 3.73. The normalized spacial score (nSPS) is 8.46. The predicted octanol–water partition coefficient (Wildman–Crippen LogP) is 5.77. The molecule has 0 fully saturated rings. The van der Waals surface area contributed by atoms with Crippen molar-refractivity contribution in [2.24, 2.45) is 0 Å². The van der Waals surface area contributed by atoms with Crippen LogP contribution in [0.3, 0.4) is 0 Å². The fourth-order valence-electron chi connectivity index (χ4n) is 2.60. The fraction of sp³-hybridized carbons (Fsp3) is 0.0526. The van der Waals surface area contributed by atoms with E-state index in [2.05, 4.69) is 0 Å². The van der Waals surface area contributed by atoms with Gasteiger partial charge in [-0.2, -0.15) is 0 Å². The van der Waals surface area contributed by atoms with E-state index in [1.165, 1.54) is 0 Å². The molecule has 3 aromatic rings. The molecule has 0 saturated heterocycles. The second-order valence-corrected chi connectivity index (χ2v) is 5.30. The molecule has 3 rings (SSSR count). The maximum absolute atomic E-state index is 7.65. The van der Waals surface area contributed by atoms with Crippen molar-refractivity contribution in [3.8, 4) is 0 Å². The van der Waals surface area contributed by atoms with Crippen molar-refractivity contribution in [1.29, 1.82) is 0 Å². The zero-order valence-electron chi connectivity index (χ0n) is 15.5. The number of hydrogen-bond donors (Lipinski definition) is 0. The summed E-state index contributed by atoms with van der Waals surface area (Å²) in [6.07, 6.45) is 0. The third-order valence-corrected chi connectivity index (χ3v) is 3.73. The third kappa shape index (κ3) is 9.58. The van der Waals surface area contributed by atoms with Gasteiger partial charge in [-0.3, -0.25) is 0 Å². The Labute approximate surface area is 249 Å². The molecule has 0 saturated carbocycles. The van der Waals surface area contributed by atoms with Crippen LogP contribution in [0.5, 0.6) is 0 Å². The van der Waals surface area contributed by atoms with Gasteiger partial charge in [0.15, 0.2) is 0 Å². The van der Waals surface area contributed by atoms with Gasteiger partial charge in [0.05, 0.1) is 0 Å². The van der Waals surface area contributed by atoms with E-state index < -0.39 is 0 Å². The maximum atomic E-state index is 7.65. The largest absolute Gasteiger partial charge is 0.699 e. The molecule has 0 heterocycles. The Kier molecular flexibility index (Phi) is 22.2. The van der Waals surface area contributed by atoms with Gasteiger partial charge in [0.2, 0.25) is 0 Å². The molecule has 0 spiro atoms. The Morgan fingerprint density at radius 1 is 0.393 bits per heavy atom. The average molecular weight is 586 g/mol. The van der Waals surface area contributed by atoms with Crippen LogP contribution in [-0.4, -0.2) is 25.2 Å². The topological polar surface area (TPSA) is 71.4 Å². The van der Waals surface area contributed by atoms with Crippen molar-refractivity contribution >= 4 is 42.3 Å². The molecule has 0 aliphatic heterocycles. The van der Waals surface area contributed by atoms with Crippen LogP contribution in [0.2, 0.25) is 0 Å². The molecule has 0 aliphatic carbocycles. The Morgan fingerprint density at radius 2 is 0.571 bits per heavy atom. The van der Waals surface area contributed by atoms with E-state index in [9.17, 15) is 0 Å². The first kappa shape index (κ1) is 36.0. The van der Waals surface area contributed by atoms with E-state index in [1.54, 1.807) is 36.4 Å². The van der Waals surface area contributed by atoms with Crippen LogP contribution in [0, 0.1) is 0 Å². The molecule has 0 unspecified atom stereocenters. The molecule has 9 heteroatoms. The summed E-state index contributed by atoms with van der Waals surface area (Å²) >= 11 is 0. The first-order valence-electron chi connectivity index (χ1n) is 7.08. The zero-order chi connectivity index (χ0) is 15.5. The van der Waals surface area contributed by atoms with Crippen LogP contribution in [-0.2, 0) is 98.1 Å². The summed E-state index contributed by atoms with van der Waals surface area (Å²) in [7, 11) is 0. The van der Waals surface area contributed by atoms with E-state index in [1.807, 2.05) is 36.4 Å². The summed E-state index contributed by atoms with van der Waals surface area (Å²) in [4.78, 5) is 0. The maximum Gasteiger partial charge on any atom is 0.0339 e. The van der Waals surface area contributed by atoms with Gasteiger partial charge in [-0.15, -0.1) is 17.1 Å². The van der Waals surface area contributed by atoms with Gasteiger partial charge in [-0.1, -0.05) is 72.8 Å². The van der Waals surface area contributed by atoms with Crippen molar-refractivity contribution in [2.45, 2.75) is 5.92 Å². The van der Waals surface area contributed by atoms with Crippen LogP contribution in [0.4, 0.5) is 17.1 Å². The van der Waals surface area contributed by atoms with Crippen molar-refractivity contribution in [3.05, 3.63) is 107 Å². The standard InChI is InChI=1S/C19H16N3.3B.3Y/c20-16-7-1-13(2-8-16)19(14-3-9-17(21)10-4-14)15-5-11-18(22)12-6-15;;;;;;/h1-12,19-22H;;;;;;/q-3;;;;;;. The van der Waals surface area contributed by atoms with Gasteiger partial charge in [0.1, 0.15) is 0 Å². The molecular weight excluding hydrogens is 569 g/mol. The van der Waals surface area contributed by atoms with E-state index in [4.69, 9.17) is 17.2 Å². The fourth-order valence-corrected chi connectivity index (χ4v) is 2.60. The molecule has 0 atom stereocenters. The Hall–Kier alpha value is 0.566. The van der Waals surface area contributed by atoms with E-state index in [-0.39, 0.29) is 129 Å². The van der Waals surface area contributed by atoms with Gasteiger partial charge < -0.3 is 17.2 Å². The van der Waals surface area contributed by atoms with Crippen molar-refractivity contribution in [2.75, 3.05) is 0 Å². The Bertz CT molecular complexity index is 663. The number of benzene rings is 3. The molecular formula is C19H16B3N3Y3-3. The molecule has 3 N–H and O–H groups in total. The predicted molar refractivity (Wildman–Crippen MR) is 109 cm³/mol. The summed E-state index contributed by atoms with van der Waals surface area (Å²) in [5.41, 5.74) is 27.7. The minimum atomic E-state index is 0. The molecule has 0 aliphatic rings. The summed E-state index contributed by atoms with van der Waals surface area (Å²) in [6, 6.07) is 22.6. The van der Waals surface area contributed by atoms with E-state index in [0.717, 1.165) is 16.7 Å². The molecule has 28 heavy (non-hydrogen) atoms. The Balaban J connectivity index is -0.000000480. The minimum Gasteiger partial charge on any atom is -0.699 e.